The SMILES string of the molecule is CCN(CC)C1=C(OC)NN=CC=N1. The molecule has 0 bridgehead atoms. The van der Waals surface area contributed by atoms with Crippen molar-refractivity contribution < 1.29 is 4.74 Å². The average molecular weight is 196 g/mol. The molecule has 78 valence electrons. The van der Waals surface area contributed by atoms with Crippen molar-refractivity contribution in [2.75, 3.05) is 20.2 Å². The van der Waals surface area contributed by atoms with Gasteiger partial charge in [-0.05, 0) is 13.8 Å². The summed E-state index contributed by atoms with van der Waals surface area (Å²) in [6.45, 7) is 5.92. The predicted octanol–water partition coefficient (Wildman–Crippen LogP) is 0.761. The summed E-state index contributed by atoms with van der Waals surface area (Å²) >= 11 is 0. The Balaban J connectivity index is 2.94. The van der Waals surface area contributed by atoms with E-state index in [0.717, 1.165) is 18.9 Å². The molecule has 0 unspecified atom stereocenters. The Labute approximate surface area is 84.1 Å². The van der Waals surface area contributed by atoms with Crippen LogP contribution in [-0.4, -0.2) is 37.5 Å². The van der Waals surface area contributed by atoms with Crippen molar-refractivity contribution in [3.63, 3.8) is 0 Å². The molecule has 0 aromatic carbocycles. The van der Waals surface area contributed by atoms with E-state index in [2.05, 4.69) is 34.3 Å². The predicted molar refractivity (Wildman–Crippen MR) is 57.1 cm³/mol. The lowest BCUT2D eigenvalue weighted by molar-refractivity contribution is 0.234. The number of ether oxygens (including phenoxy) is 1. The Morgan fingerprint density at radius 3 is 2.64 bits per heavy atom. The fraction of sp³-hybridized carbons (Fsp3) is 0.556. The molecule has 0 saturated heterocycles. The Morgan fingerprint density at radius 1 is 1.36 bits per heavy atom. The fourth-order valence-electron chi connectivity index (χ4n) is 1.23. The number of nitrogens with zero attached hydrogens (tertiary/aromatic N) is 3. The van der Waals surface area contributed by atoms with Gasteiger partial charge in [0.1, 0.15) is 0 Å². The molecule has 1 heterocycles. The zero-order valence-electron chi connectivity index (χ0n) is 8.82. The monoisotopic (exact) mass is 196 g/mol. The minimum absolute atomic E-state index is 0.582. The molecule has 1 aliphatic heterocycles. The summed E-state index contributed by atoms with van der Waals surface area (Å²) < 4.78 is 5.17. The first-order chi connectivity index (χ1) is 6.83. The summed E-state index contributed by atoms with van der Waals surface area (Å²) in [5, 5.41) is 3.89. The van der Waals surface area contributed by atoms with Gasteiger partial charge in [-0.2, -0.15) is 5.10 Å². The van der Waals surface area contributed by atoms with Crippen LogP contribution < -0.4 is 5.43 Å². The number of methoxy groups -OCH3 is 1. The van der Waals surface area contributed by atoms with Crippen molar-refractivity contribution in [1.82, 2.24) is 10.3 Å². The van der Waals surface area contributed by atoms with Crippen LogP contribution in [0.4, 0.5) is 0 Å². The molecule has 5 heteroatoms. The maximum atomic E-state index is 5.17. The molecule has 0 saturated carbocycles. The van der Waals surface area contributed by atoms with Crippen molar-refractivity contribution in [2.45, 2.75) is 13.8 Å². The third-order valence-corrected chi connectivity index (χ3v) is 1.97. The van der Waals surface area contributed by atoms with E-state index in [9.17, 15) is 0 Å². The standard InChI is InChI=1S/C9H16N4O/c1-4-13(5-2)8-9(14-3)12-11-7-6-10-8/h6-7,12H,4-5H2,1-3H3. The molecule has 1 aliphatic rings. The molecular formula is C9H16N4O. The second-order valence-corrected chi connectivity index (χ2v) is 2.70. The molecule has 0 radical (unpaired) electrons. The zero-order chi connectivity index (χ0) is 10.4. The van der Waals surface area contributed by atoms with Crippen molar-refractivity contribution in [2.24, 2.45) is 10.1 Å². The minimum atomic E-state index is 0.582. The van der Waals surface area contributed by atoms with Gasteiger partial charge in [-0.1, -0.05) is 0 Å². The molecule has 5 nitrogen and oxygen atoms in total. The van der Waals surface area contributed by atoms with Crippen molar-refractivity contribution in [3.8, 4) is 0 Å². The van der Waals surface area contributed by atoms with Crippen molar-refractivity contribution in [1.29, 1.82) is 0 Å². The third kappa shape index (κ3) is 2.25. The minimum Gasteiger partial charge on any atom is -0.479 e. The lowest BCUT2D eigenvalue weighted by Gasteiger charge is -2.22. The van der Waals surface area contributed by atoms with E-state index >= 15 is 0 Å². The number of rotatable bonds is 4. The zero-order valence-corrected chi connectivity index (χ0v) is 8.82. The number of hydrazone groups is 1. The van der Waals surface area contributed by atoms with E-state index in [4.69, 9.17) is 4.74 Å². The van der Waals surface area contributed by atoms with Gasteiger partial charge in [-0.15, -0.1) is 0 Å². The largest absolute Gasteiger partial charge is 0.479 e. The highest BCUT2D eigenvalue weighted by Gasteiger charge is 2.12. The van der Waals surface area contributed by atoms with E-state index in [0.29, 0.717) is 5.88 Å². The lowest BCUT2D eigenvalue weighted by Crippen LogP contribution is -2.25. The summed E-state index contributed by atoms with van der Waals surface area (Å²) in [5.41, 5.74) is 2.79. The highest BCUT2D eigenvalue weighted by atomic mass is 16.5. The number of aliphatic imine (C=N–C) groups is 1. The van der Waals surface area contributed by atoms with E-state index in [1.807, 2.05) is 0 Å². The van der Waals surface area contributed by atoms with Gasteiger partial charge in [0, 0.05) is 19.3 Å². The Bertz CT molecular complexity index is 266. The van der Waals surface area contributed by atoms with Gasteiger partial charge >= 0.3 is 0 Å². The van der Waals surface area contributed by atoms with Gasteiger partial charge in [0.05, 0.1) is 13.3 Å². The summed E-state index contributed by atoms with van der Waals surface area (Å²) in [5.74, 6) is 1.37. The molecule has 14 heavy (non-hydrogen) atoms. The van der Waals surface area contributed by atoms with Gasteiger partial charge in [-0.25, -0.2) is 10.4 Å². The van der Waals surface area contributed by atoms with Crippen LogP contribution in [0, 0.1) is 0 Å². The van der Waals surface area contributed by atoms with Gasteiger partial charge in [-0.3, -0.25) is 0 Å². The first kappa shape index (κ1) is 10.6. The Hall–Kier alpha value is -1.52. The van der Waals surface area contributed by atoms with Crippen LogP contribution in [0.3, 0.4) is 0 Å². The number of hydrogen-bond acceptors (Lipinski definition) is 5. The quantitative estimate of drug-likeness (QED) is 0.722. The van der Waals surface area contributed by atoms with E-state index in [1.165, 1.54) is 0 Å². The van der Waals surface area contributed by atoms with Crippen LogP contribution >= 0.6 is 0 Å². The van der Waals surface area contributed by atoms with E-state index in [-0.39, 0.29) is 0 Å². The van der Waals surface area contributed by atoms with Crippen LogP contribution in [0.25, 0.3) is 0 Å². The molecular weight excluding hydrogens is 180 g/mol. The van der Waals surface area contributed by atoms with Gasteiger partial charge in [0.2, 0.25) is 0 Å². The molecule has 1 rings (SSSR count). The molecule has 0 aliphatic carbocycles. The van der Waals surface area contributed by atoms with Crippen LogP contribution in [0.2, 0.25) is 0 Å². The maximum Gasteiger partial charge on any atom is 0.251 e. The van der Waals surface area contributed by atoms with Crippen LogP contribution in [-0.2, 0) is 4.74 Å². The molecule has 0 spiro atoms. The molecule has 0 aromatic rings. The Kier molecular flexibility index (Phi) is 3.97. The number of nitrogens with one attached hydrogen (secondary N) is 1. The smallest absolute Gasteiger partial charge is 0.251 e. The normalized spacial score (nSPS) is 15.1. The molecule has 0 aromatic heterocycles. The maximum absolute atomic E-state index is 5.17. The number of hydrogen-bond donors (Lipinski definition) is 1. The van der Waals surface area contributed by atoms with E-state index in [1.54, 1.807) is 19.5 Å². The van der Waals surface area contributed by atoms with Crippen molar-refractivity contribution >= 4 is 12.4 Å². The molecule has 0 fully saturated rings. The summed E-state index contributed by atoms with van der Waals surface area (Å²) in [4.78, 5) is 6.36. The summed E-state index contributed by atoms with van der Waals surface area (Å²) in [6, 6.07) is 0. The highest BCUT2D eigenvalue weighted by molar-refractivity contribution is 6.16. The summed E-state index contributed by atoms with van der Waals surface area (Å²) in [6.07, 6.45) is 3.24. The second-order valence-electron chi connectivity index (χ2n) is 2.70. The molecule has 0 atom stereocenters. The molecule has 1 N–H and O–H groups in total. The van der Waals surface area contributed by atoms with Crippen LogP contribution in [0.5, 0.6) is 0 Å². The van der Waals surface area contributed by atoms with Gasteiger partial charge in [0.25, 0.3) is 5.88 Å². The van der Waals surface area contributed by atoms with Gasteiger partial charge < -0.3 is 9.64 Å². The van der Waals surface area contributed by atoms with Crippen LogP contribution in [0.1, 0.15) is 13.8 Å². The summed E-state index contributed by atoms with van der Waals surface area (Å²) in [7, 11) is 1.60. The average Bonchev–Trinajstić information content (AvgIpc) is 2.45. The second kappa shape index (κ2) is 5.26. The first-order valence-corrected chi connectivity index (χ1v) is 4.68. The Morgan fingerprint density at radius 2 is 2.07 bits per heavy atom. The molecule has 0 amide bonds. The van der Waals surface area contributed by atoms with Crippen LogP contribution in [0.15, 0.2) is 21.8 Å². The van der Waals surface area contributed by atoms with Gasteiger partial charge in [0.15, 0.2) is 5.82 Å². The van der Waals surface area contributed by atoms with E-state index < -0.39 is 0 Å². The highest BCUT2D eigenvalue weighted by Crippen LogP contribution is 2.11. The van der Waals surface area contributed by atoms with Crippen molar-refractivity contribution in [3.05, 3.63) is 11.7 Å². The third-order valence-electron chi connectivity index (χ3n) is 1.97. The first-order valence-electron chi connectivity index (χ1n) is 4.68. The lowest BCUT2D eigenvalue weighted by atomic mass is 10.5. The topological polar surface area (TPSA) is 49.2 Å². The fourth-order valence-corrected chi connectivity index (χ4v) is 1.23.